The molecule has 1 heterocycles. The first kappa shape index (κ1) is 19.7. The molecule has 3 N–H and O–H groups in total. The van der Waals surface area contributed by atoms with Crippen LogP contribution in [0.15, 0.2) is 23.1 Å². The molecule has 0 bridgehead atoms. The number of carboxylic acids is 1. The van der Waals surface area contributed by atoms with E-state index in [2.05, 4.69) is 5.32 Å². The molecule has 0 saturated carbocycles. The van der Waals surface area contributed by atoms with Crippen molar-refractivity contribution in [3.8, 4) is 11.5 Å². The number of phenolic OH excluding ortho intramolecular Hbond substituents is 1. The highest BCUT2D eigenvalue weighted by molar-refractivity contribution is 8.26. The van der Waals surface area contributed by atoms with Crippen LogP contribution in [0.3, 0.4) is 0 Å². The molecule has 1 saturated heterocycles. The number of aromatic hydroxyl groups is 1. The summed E-state index contributed by atoms with van der Waals surface area (Å²) in [6.07, 6.45) is 1.57. The van der Waals surface area contributed by atoms with E-state index in [1.807, 2.05) is 0 Å². The summed E-state index contributed by atoms with van der Waals surface area (Å²) in [5, 5.41) is 20.5. The number of carbonyl (C=O) groups is 3. The van der Waals surface area contributed by atoms with Crippen LogP contribution in [0.2, 0.25) is 0 Å². The van der Waals surface area contributed by atoms with Crippen LogP contribution in [-0.4, -0.2) is 56.9 Å². The van der Waals surface area contributed by atoms with E-state index in [9.17, 15) is 19.5 Å². The molecule has 0 aliphatic carbocycles. The lowest BCUT2D eigenvalue weighted by Gasteiger charge is -2.21. The molecule has 1 fully saturated rings. The van der Waals surface area contributed by atoms with Gasteiger partial charge in [-0.2, -0.15) is 0 Å². The number of methoxy groups -OCH3 is 1. The number of amides is 2. The highest BCUT2D eigenvalue weighted by Crippen LogP contribution is 2.35. The van der Waals surface area contributed by atoms with Crippen molar-refractivity contribution in [3.05, 3.63) is 28.7 Å². The maximum absolute atomic E-state index is 12.6. The van der Waals surface area contributed by atoms with Gasteiger partial charge < -0.3 is 20.3 Å². The Kier molecular flexibility index (Phi) is 6.22. The van der Waals surface area contributed by atoms with E-state index in [1.54, 1.807) is 18.2 Å². The predicted octanol–water partition coefficient (Wildman–Crippen LogP) is 1.19. The van der Waals surface area contributed by atoms with Crippen LogP contribution >= 0.6 is 24.0 Å². The normalized spacial score (nSPS) is 16.7. The van der Waals surface area contributed by atoms with Crippen molar-refractivity contribution >= 4 is 52.2 Å². The van der Waals surface area contributed by atoms with E-state index >= 15 is 0 Å². The molecule has 1 aromatic carbocycles. The number of nitrogens with zero attached hydrogens (tertiary/aromatic N) is 1. The molecule has 0 radical (unpaired) electrons. The maximum atomic E-state index is 12.6. The minimum atomic E-state index is -1.18. The number of carboxylic acid groups (broad SMARTS) is 1. The smallest absolute Gasteiger partial charge is 0.322 e. The summed E-state index contributed by atoms with van der Waals surface area (Å²) in [4.78, 5) is 36.6. The summed E-state index contributed by atoms with van der Waals surface area (Å²) >= 11 is 6.21. The van der Waals surface area contributed by atoms with Crippen LogP contribution in [0.25, 0.3) is 6.08 Å². The van der Waals surface area contributed by atoms with Gasteiger partial charge in [0, 0.05) is 0 Å². The van der Waals surface area contributed by atoms with Crippen molar-refractivity contribution < 1.29 is 29.3 Å². The third kappa shape index (κ3) is 4.33. The van der Waals surface area contributed by atoms with Gasteiger partial charge >= 0.3 is 5.97 Å². The van der Waals surface area contributed by atoms with E-state index in [4.69, 9.17) is 22.1 Å². The zero-order chi connectivity index (χ0) is 19.4. The van der Waals surface area contributed by atoms with Crippen LogP contribution in [0.1, 0.15) is 12.5 Å². The number of ether oxygens (including phenoxy) is 1. The summed E-state index contributed by atoms with van der Waals surface area (Å²) in [6, 6.07) is 3.66. The molecule has 1 unspecified atom stereocenters. The van der Waals surface area contributed by atoms with Crippen molar-refractivity contribution in [2.75, 3.05) is 13.7 Å². The van der Waals surface area contributed by atoms with Crippen LogP contribution in [0, 0.1) is 0 Å². The lowest BCUT2D eigenvalue weighted by molar-refractivity contribution is -0.139. The lowest BCUT2D eigenvalue weighted by atomic mass is 10.1. The Morgan fingerprint density at radius 3 is 2.77 bits per heavy atom. The average Bonchev–Trinajstić information content (AvgIpc) is 2.87. The summed E-state index contributed by atoms with van der Waals surface area (Å²) in [5.74, 6) is -2.02. The number of thiocarbonyl (C=S) groups is 1. The molecule has 1 aromatic rings. The molecular formula is C16H16N2O6S2. The van der Waals surface area contributed by atoms with Gasteiger partial charge in [-0.1, -0.05) is 30.0 Å². The number of phenols is 1. The highest BCUT2D eigenvalue weighted by atomic mass is 32.2. The van der Waals surface area contributed by atoms with Gasteiger partial charge in [0.2, 0.25) is 5.91 Å². The molecule has 1 aliphatic heterocycles. The minimum absolute atomic E-state index is 0.0269. The zero-order valence-corrected chi connectivity index (χ0v) is 15.5. The van der Waals surface area contributed by atoms with Crippen molar-refractivity contribution in [2.45, 2.75) is 13.0 Å². The van der Waals surface area contributed by atoms with Gasteiger partial charge in [0.15, 0.2) is 11.5 Å². The standard InChI is InChI=1S/C16H16N2O6S2/c1-8(14(22)17-7-13(20)21)18-15(23)12(26-16(18)25)6-9-3-4-10(19)11(5-9)24-2/h3-6,8,19H,7H2,1-2H3,(H,17,22)(H,20,21)/b12-6-. The molecule has 0 spiro atoms. The number of rotatable bonds is 6. The summed E-state index contributed by atoms with van der Waals surface area (Å²) in [6.45, 7) is 0.926. The minimum Gasteiger partial charge on any atom is -0.504 e. The van der Waals surface area contributed by atoms with Gasteiger partial charge in [-0.15, -0.1) is 0 Å². The molecule has 10 heteroatoms. The Labute approximate surface area is 158 Å². The van der Waals surface area contributed by atoms with Crippen molar-refractivity contribution in [1.29, 1.82) is 0 Å². The second kappa shape index (κ2) is 8.19. The molecule has 1 atom stereocenters. The fourth-order valence-electron chi connectivity index (χ4n) is 2.18. The Morgan fingerprint density at radius 1 is 1.46 bits per heavy atom. The van der Waals surface area contributed by atoms with Gasteiger partial charge in [0.25, 0.3) is 5.91 Å². The number of hydrogen-bond donors (Lipinski definition) is 3. The Morgan fingerprint density at radius 2 is 2.15 bits per heavy atom. The number of nitrogens with one attached hydrogen (secondary N) is 1. The van der Waals surface area contributed by atoms with Gasteiger partial charge in [-0.25, -0.2) is 0 Å². The average molecular weight is 396 g/mol. The third-order valence-corrected chi connectivity index (χ3v) is 4.84. The summed E-state index contributed by atoms with van der Waals surface area (Å²) in [7, 11) is 1.41. The molecule has 26 heavy (non-hydrogen) atoms. The number of aliphatic carboxylic acids is 1. The largest absolute Gasteiger partial charge is 0.504 e. The Hall–Kier alpha value is -2.59. The van der Waals surface area contributed by atoms with E-state index in [0.29, 0.717) is 10.5 Å². The molecule has 1 aliphatic rings. The van der Waals surface area contributed by atoms with Gasteiger partial charge in [-0.05, 0) is 30.7 Å². The molecular weight excluding hydrogens is 380 g/mol. The summed E-state index contributed by atoms with van der Waals surface area (Å²) in [5.41, 5.74) is 0.614. The number of thioether (sulfide) groups is 1. The van der Waals surface area contributed by atoms with E-state index in [0.717, 1.165) is 16.7 Å². The van der Waals surface area contributed by atoms with Crippen molar-refractivity contribution in [3.63, 3.8) is 0 Å². The monoisotopic (exact) mass is 396 g/mol. The molecule has 2 amide bonds. The molecule has 0 aromatic heterocycles. The Balaban J connectivity index is 2.20. The predicted molar refractivity (Wildman–Crippen MR) is 99.8 cm³/mol. The molecule has 2 rings (SSSR count). The molecule has 8 nitrogen and oxygen atoms in total. The number of carbonyl (C=O) groups excluding carboxylic acids is 2. The lowest BCUT2D eigenvalue weighted by Crippen LogP contribution is -2.48. The molecule has 138 valence electrons. The first-order chi connectivity index (χ1) is 12.2. The second-order valence-electron chi connectivity index (χ2n) is 5.27. The SMILES string of the molecule is COc1cc(/C=C2\SC(=S)N(C(C)C(=O)NCC(=O)O)C2=O)ccc1O. The fraction of sp³-hybridized carbons (Fsp3) is 0.250. The maximum Gasteiger partial charge on any atom is 0.322 e. The second-order valence-corrected chi connectivity index (χ2v) is 6.95. The van der Waals surface area contributed by atoms with E-state index < -0.39 is 30.4 Å². The van der Waals surface area contributed by atoms with Crippen LogP contribution < -0.4 is 10.1 Å². The van der Waals surface area contributed by atoms with Gasteiger partial charge in [0.05, 0.1) is 12.0 Å². The first-order valence-electron chi connectivity index (χ1n) is 7.38. The first-order valence-corrected chi connectivity index (χ1v) is 8.60. The topological polar surface area (TPSA) is 116 Å². The van der Waals surface area contributed by atoms with Gasteiger partial charge in [-0.3, -0.25) is 19.3 Å². The highest BCUT2D eigenvalue weighted by Gasteiger charge is 2.38. The van der Waals surface area contributed by atoms with Crippen LogP contribution in [0.4, 0.5) is 0 Å². The van der Waals surface area contributed by atoms with E-state index in [-0.39, 0.29) is 15.8 Å². The van der Waals surface area contributed by atoms with Crippen molar-refractivity contribution in [2.24, 2.45) is 0 Å². The van der Waals surface area contributed by atoms with Crippen molar-refractivity contribution in [1.82, 2.24) is 10.2 Å². The van der Waals surface area contributed by atoms with Crippen LogP contribution in [-0.2, 0) is 14.4 Å². The number of benzene rings is 1. The third-order valence-electron chi connectivity index (χ3n) is 3.51. The van der Waals surface area contributed by atoms with Gasteiger partial charge in [0.1, 0.15) is 16.9 Å². The van der Waals surface area contributed by atoms with Crippen LogP contribution in [0.5, 0.6) is 11.5 Å². The fourth-order valence-corrected chi connectivity index (χ4v) is 3.60. The zero-order valence-electron chi connectivity index (χ0n) is 13.9. The van der Waals surface area contributed by atoms with E-state index in [1.165, 1.54) is 20.1 Å². The number of hydrogen-bond acceptors (Lipinski definition) is 7. The summed E-state index contributed by atoms with van der Waals surface area (Å²) < 4.78 is 5.23. The Bertz CT molecular complexity index is 808. The quantitative estimate of drug-likeness (QED) is 0.485.